The van der Waals surface area contributed by atoms with E-state index in [0.29, 0.717) is 0 Å². The average molecular weight is 230 g/mol. The molecular weight excluding hydrogens is 212 g/mol. The van der Waals surface area contributed by atoms with Crippen LogP contribution in [0.1, 0.15) is 26.3 Å². The molecule has 2 aromatic rings. The van der Waals surface area contributed by atoms with Gasteiger partial charge in [-0.2, -0.15) is 5.10 Å². The van der Waals surface area contributed by atoms with E-state index < -0.39 is 0 Å². The predicted octanol–water partition coefficient (Wildman–Crippen LogP) is 2.88. The van der Waals surface area contributed by atoms with Crippen molar-refractivity contribution in [3.63, 3.8) is 0 Å². The van der Waals surface area contributed by atoms with Gasteiger partial charge in [-0.1, -0.05) is 37.3 Å². The van der Waals surface area contributed by atoms with Gasteiger partial charge < -0.3 is 5.11 Å². The highest BCUT2D eigenvalue weighted by molar-refractivity contribution is 5.61. The molecule has 0 radical (unpaired) electrons. The fourth-order valence-electron chi connectivity index (χ4n) is 1.86. The van der Waals surface area contributed by atoms with Crippen molar-refractivity contribution in [3.8, 4) is 11.1 Å². The summed E-state index contributed by atoms with van der Waals surface area (Å²) in [5.41, 5.74) is 2.23. The molecule has 0 aliphatic rings. The first kappa shape index (κ1) is 11.9. The number of nitrogens with zero attached hydrogens (tertiary/aromatic N) is 2. The summed E-state index contributed by atoms with van der Waals surface area (Å²) >= 11 is 0. The lowest BCUT2D eigenvalue weighted by Gasteiger charge is -2.17. The quantitative estimate of drug-likeness (QED) is 0.877. The van der Waals surface area contributed by atoms with E-state index in [-0.39, 0.29) is 12.1 Å². The molecule has 0 aliphatic carbocycles. The van der Waals surface area contributed by atoms with Crippen LogP contribution < -0.4 is 0 Å². The van der Waals surface area contributed by atoms with Crippen molar-refractivity contribution in [3.05, 3.63) is 42.7 Å². The first-order chi connectivity index (χ1) is 8.22. The van der Waals surface area contributed by atoms with E-state index in [0.717, 1.165) is 17.5 Å². The monoisotopic (exact) mass is 230 g/mol. The van der Waals surface area contributed by atoms with Gasteiger partial charge in [-0.15, -0.1) is 0 Å². The molecule has 0 aliphatic heterocycles. The van der Waals surface area contributed by atoms with Crippen molar-refractivity contribution < 1.29 is 5.11 Å². The fraction of sp³-hybridized carbons (Fsp3) is 0.357. The number of aliphatic hydroxyl groups is 1. The van der Waals surface area contributed by atoms with Crippen LogP contribution in [-0.4, -0.2) is 21.0 Å². The van der Waals surface area contributed by atoms with Gasteiger partial charge in [-0.25, -0.2) is 0 Å². The SMILES string of the molecule is CCC(O)C(C)n1cc(-c2ccccc2)cn1. The highest BCUT2D eigenvalue weighted by Crippen LogP contribution is 2.21. The number of aliphatic hydroxyl groups excluding tert-OH is 1. The van der Waals surface area contributed by atoms with Gasteiger partial charge >= 0.3 is 0 Å². The molecule has 2 rings (SSSR count). The molecule has 17 heavy (non-hydrogen) atoms. The van der Waals surface area contributed by atoms with Gasteiger partial charge in [0.25, 0.3) is 0 Å². The summed E-state index contributed by atoms with van der Waals surface area (Å²) in [5, 5.41) is 14.1. The van der Waals surface area contributed by atoms with Gasteiger partial charge in [-0.05, 0) is 18.9 Å². The topological polar surface area (TPSA) is 38.0 Å². The van der Waals surface area contributed by atoms with Crippen molar-refractivity contribution in [1.29, 1.82) is 0 Å². The lowest BCUT2D eigenvalue weighted by Crippen LogP contribution is -2.20. The lowest BCUT2D eigenvalue weighted by molar-refractivity contribution is 0.111. The first-order valence-electron chi connectivity index (χ1n) is 6.00. The van der Waals surface area contributed by atoms with Crippen molar-refractivity contribution in [1.82, 2.24) is 9.78 Å². The number of hydrogen-bond donors (Lipinski definition) is 1. The minimum atomic E-state index is -0.349. The Morgan fingerprint density at radius 1 is 1.24 bits per heavy atom. The van der Waals surface area contributed by atoms with Gasteiger partial charge in [0, 0.05) is 11.8 Å². The second kappa shape index (κ2) is 5.15. The molecule has 0 saturated heterocycles. The molecule has 3 heteroatoms. The smallest absolute Gasteiger partial charge is 0.0758 e. The van der Waals surface area contributed by atoms with Crippen molar-refractivity contribution >= 4 is 0 Å². The Morgan fingerprint density at radius 2 is 1.94 bits per heavy atom. The second-order valence-corrected chi connectivity index (χ2v) is 4.29. The van der Waals surface area contributed by atoms with Crippen LogP contribution in [0, 0.1) is 0 Å². The minimum Gasteiger partial charge on any atom is -0.391 e. The maximum Gasteiger partial charge on any atom is 0.0758 e. The molecule has 1 aromatic heterocycles. The normalized spacial score (nSPS) is 14.5. The van der Waals surface area contributed by atoms with E-state index in [1.807, 2.05) is 49.1 Å². The summed E-state index contributed by atoms with van der Waals surface area (Å²) in [6.07, 6.45) is 4.22. The molecule has 0 fully saturated rings. The van der Waals surface area contributed by atoms with E-state index in [4.69, 9.17) is 0 Å². The maximum absolute atomic E-state index is 9.80. The van der Waals surface area contributed by atoms with E-state index in [1.54, 1.807) is 0 Å². The average Bonchev–Trinajstić information content (AvgIpc) is 2.87. The van der Waals surface area contributed by atoms with Crippen LogP contribution in [0.3, 0.4) is 0 Å². The van der Waals surface area contributed by atoms with Gasteiger partial charge in [0.05, 0.1) is 18.3 Å². The van der Waals surface area contributed by atoms with E-state index in [9.17, 15) is 5.11 Å². The standard InChI is InChI=1S/C14H18N2O/c1-3-14(17)11(2)16-10-13(9-15-16)12-7-5-4-6-8-12/h4-11,14,17H,3H2,1-2H3. The zero-order valence-electron chi connectivity index (χ0n) is 10.2. The third-order valence-corrected chi connectivity index (χ3v) is 3.10. The number of benzene rings is 1. The Hall–Kier alpha value is -1.61. The van der Waals surface area contributed by atoms with E-state index in [1.165, 1.54) is 0 Å². The van der Waals surface area contributed by atoms with Crippen molar-refractivity contribution in [2.45, 2.75) is 32.4 Å². The van der Waals surface area contributed by atoms with Crippen LogP contribution >= 0.6 is 0 Å². The van der Waals surface area contributed by atoms with Crippen molar-refractivity contribution in [2.24, 2.45) is 0 Å². The molecule has 90 valence electrons. The molecule has 2 atom stereocenters. The molecular formula is C14H18N2O. The molecule has 0 amide bonds. The molecule has 2 unspecified atom stereocenters. The molecule has 1 aromatic carbocycles. The van der Waals surface area contributed by atoms with Crippen LogP contribution in [-0.2, 0) is 0 Å². The summed E-state index contributed by atoms with van der Waals surface area (Å²) in [6.45, 7) is 3.96. The molecule has 3 nitrogen and oxygen atoms in total. The second-order valence-electron chi connectivity index (χ2n) is 4.29. The maximum atomic E-state index is 9.80. The molecule has 0 saturated carbocycles. The Balaban J connectivity index is 2.22. The number of aromatic nitrogens is 2. The van der Waals surface area contributed by atoms with E-state index in [2.05, 4.69) is 17.2 Å². The number of rotatable bonds is 4. The van der Waals surface area contributed by atoms with Gasteiger partial charge in [0.1, 0.15) is 0 Å². The predicted molar refractivity (Wildman–Crippen MR) is 68.7 cm³/mol. The zero-order chi connectivity index (χ0) is 12.3. The van der Waals surface area contributed by atoms with E-state index >= 15 is 0 Å². The Bertz CT molecular complexity index is 464. The largest absolute Gasteiger partial charge is 0.391 e. The Morgan fingerprint density at radius 3 is 2.59 bits per heavy atom. The molecule has 0 spiro atoms. The molecule has 0 bridgehead atoms. The minimum absolute atomic E-state index is 0.0115. The lowest BCUT2D eigenvalue weighted by atomic mass is 10.1. The Labute approximate surface area is 102 Å². The number of hydrogen-bond acceptors (Lipinski definition) is 2. The summed E-state index contributed by atoms with van der Waals surface area (Å²) < 4.78 is 1.83. The van der Waals surface area contributed by atoms with Gasteiger partial charge in [0.2, 0.25) is 0 Å². The highest BCUT2D eigenvalue weighted by Gasteiger charge is 2.15. The Kier molecular flexibility index (Phi) is 3.59. The summed E-state index contributed by atoms with van der Waals surface area (Å²) in [7, 11) is 0. The summed E-state index contributed by atoms with van der Waals surface area (Å²) in [6, 6.07) is 10.1. The van der Waals surface area contributed by atoms with Crippen LogP contribution in [0.2, 0.25) is 0 Å². The summed E-state index contributed by atoms with van der Waals surface area (Å²) in [5.74, 6) is 0. The molecule has 1 N–H and O–H groups in total. The third-order valence-electron chi connectivity index (χ3n) is 3.10. The van der Waals surface area contributed by atoms with Crippen LogP contribution in [0.15, 0.2) is 42.7 Å². The van der Waals surface area contributed by atoms with Crippen LogP contribution in [0.5, 0.6) is 0 Å². The van der Waals surface area contributed by atoms with Gasteiger partial charge in [-0.3, -0.25) is 4.68 Å². The fourth-order valence-corrected chi connectivity index (χ4v) is 1.86. The van der Waals surface area contributed by atoms with Gasteiger partial charge in [0.15, 0.2) is 0 Å². The third kappa shape index (κ3) is 2.56. The zero-order valence-corrected chi connectivity index (χ0v) is 10.2. The molecule has 1 heterocycles. The van der Waals surface area contributed by atoms with Crippen molar-refractivity contribution in [2.75, 3.05) is 0 Å². The highest BCUT2D eigenvalue weighted by atomic mass is 16.3. The summed E-state index contributed by atoms with van der Waals surface area (Å²) in [4.78, 5) is 0. The van der Waals surface area contributed by atoms with Crippen LogP contribution in [0.25, 0.3) is 11.1 Å². The van der Waals surface area contributed by atoms with Crippen LogP contribution in [0.4, 0.5) is 0 Å². The first-order valence-corrected chi connectivity index (χ1v) is 6.00.